The Bertz CT molecular complexity index is 900. The monoisotopic (exact) mass is 384 g/mol. The molecule has 0 radical (unpaired) electrons. The molecule has 2 atom stereocenters. The molecular weight excluding hydrogens is 362 g/mol. The van der Waals surface area contributed by atoms with Gasteiger partial charge in [0, 0.05) is 18.5 Å². The lowest BCUT2D eigenvalue weighted by atomic mass is 9.67. The highest BCUT2D eigenvalue weighted by Crippen LogP contribution is 2.48. The van der Waals surface area contributed by atoms with Crippen LogP contribution in [0.15, 0.2) is 42.6 Å². The van der Waals surface area contributed by atoms with Crippen LogP contribution >= 0.6 is 0 Å². The van der Waals surface area contributed by atoms with Crippen LogP contribution in [-0.2, 0) is 4.79 Å². The van der Waals surface area contributed by atoms with Crippen molar-refractivity contribution in [1.29, 1.82) is 0 Å². The summed E-state index contributed by atoms with van der Waals surface area (Å²) in [5, 5.41) is 0. The van der Waals surface area contributed by atoms with Gasteiger partial charge in [0.05, 0.1) is 11.6 Å². The largest absolute Gasteiger partial charge is 0.296 e. The summed E-state index contributed by atoms with van der Waals surface area (Å²) >= 11 is 0. The molecule has 0 N–H and O–H groups in total. The number of anilines is 1. The SMILES string of the molecule is O=C(C[C@H]1CCC[C@]2(CCN(c3ccc(F)cn3)C2=O)C1)c1cccc(F)c1. The maximum absolute atomic E-state index is 13.4. The van der Waals surface area contributed by atoms with Crippen molar-refractivity contribution in [3.63, 3.8) is 0 Å². The number of pyridine rings is 1. The number of hydrogen-bond acceptors (Lipinski definition) is 3. The lowest BCUT2D eigenvalue weighted by Crippen LogP contribution is -2.39. The first kappa shape index (κ1) is 18.7. The van der Waals surface area contributed by atoms with Crippen molar-refractivity contribution < 1.29 is 18.4 Å². The first-order valence-corrected chi connectivity index (χ1v) is 9.69. The molecule has 4 nitrogen and oxygen atoms in total. The average Bonchev–Trinajstić information content (AvgIpc) is 2.98. The Hall–Kier alpha value is -2.63. The highest BCUT2D eigenvalue weighted by molar-refractivity contribution is 5.99. The van der Waals surface area contributed by atoms with Gasteiger partial charge in [-0.2, -0.15) is 0 Å². The van der Waals surface area contributed by atoms with E-state index in [0.29, 0.717) is 30.8 Å². The molecule has 1 aromatic heterocycles. The van der Waals surface area contributed by atoms with Crippen LogP contribution < -0.4 is 4.90 Å². The molecule has 1 saturated heterocycles. The molecule has 0 bridgehead atoms. The van der Waals surface area contributed by atoms with Gasteiger partial charge in [-0.05, 0) is 55.9 Å². The summed E-state index contributed by atoms with van der Waals surface area (Å²) < 4.78 is 26.5. The van der Waals surface area contributed by atoms with Gasteiger partial charge in [0.15, 0.2) is 5.78 Å². The number of carbonyl (C=O) groups excluding carboxylic acids is 2. The van der Waals surface area contributed by atoms with E-state index in [0.717, 1.165) is 31.9 Å². The van der Waals surface area contributed by atoms with Crippen LogP contribution in [0.5, 0.6) is 0 Å². The van der Waals surface area contributed by atoms with Gasteiger partial charge < -0.3 is 0 Å². The molecule has 1 aliphatic heterocycles. The number of carbonyl (C=O) groups is 2. The zero-order chi connectivity index (χ0) is 19.7. The second kappa shape index (κ2) is 7.41. The molecule has 2 aliphatic rings. The zero-order valence-corrected chi connectivity index (χ0v) is 15.5. The number of benzene rings is 1. The summed E-state index contributed by atoms with van der Waals surface area (Å²) in [4.78, 5) is 31.4. The first-order valence-electron chi connectivity index (χ1n) is 9.69. The fourth-order valence-electron chi connectivity index (χ4n) is 4.69. The lowest BCUT2D eigenvalue weighted by molar-refractivity contribution is -0.128. The van der Waals surface area contributed by atoms with Crippen molar-refractivity contribution in [3.8, 4) is 0 Å². The molecule has 1 amide bonds. The van der Waals surface area contributed by atoms with Crippen LogP contribution in [0.25, 0.3) is 0 Å². The van der Waals surface area contributed by atoms with E-state index in [4.69, 9.17) is 0 Å². The molecule has 1 aromatic carbocycles. The quantitative estimate of drug-likeness (QED) is 0.727. The molecular formula is C22H22F2N2O2. The standard InChI is InChI=1S/C22H22F2N2O2/c23-17-5-1-4-16(12-17)19(27)11-15-3-2-8-22(13-15)9-10-26(21(22)28)20-7-6-18(24)14-25-20/h1,4-7,12,14-15H,2-3,8-11,13H2/t15-,22+/m1/s1. The fourth-order valence-corrected chi connectivity index (χ4v) is 4.69. The van der Waals surface area contributed by atoms with Crippen molar-refractivity contribution in [1.82, 2.24) is 4.98 Å². The molecule has 146 valence electrons. The van der Waals surface area contributed by atoms with Gasteiger partial charge in [-0.3, -0.25) is 14.5 Å². The fraction of sp³-hybridized carbons (Fsp3) is 0.409. The summed E-state index contributed by atoms with van der Waals surface area (Å²) in [5.41, 5.74) is -0.0872. The predicted molar refractivity (Wildman–Crippen MR) is 101 cm³/mol. The minimum Gasteiger partial charge on any atom is -0.296 e. The third-order valence-electron chi connectivity index (χ3n) is 6.07. The first-order chi connectivity index (χ1) is 13.5. The third kappa shape index (κ3) is 3.55. The summed E-state index contributed by atoms with van der Waals surface area (Å²) in [7, 11) is 0. The highest BCUT2D eigenvalue weighted by atomic mass is 19.1. The summed E-state index contributed by atoms with van der Waals surface area (Å²) in [6.07, 6.45) is 5.40. The average molecular weight is 384 g/mol. The Morgan fingerprint density at radius 3 is 2.79 bits per heavy atom. The molecule has 1 spiro atoms. The van der Waals surface area contributed by atoms with E-state index >= 15 is 0 Å². The second-order valence-corrected chi connectivity index (χ2v) is 7.92. The topological polar surface area (TPSA) is 50.3 Å². The van der Waals surface area contributed by atoms with Crippen LogP contribution in [0, 0.1) is 23.0 Å². The highest BCUT2D eigenvalue weighted by Gasteiger charge is 2.49. The Morgan fingerprint density at radius 1 is 1.18 bits per heavy atom. The van der Waals surface area contributed by atoms with Crippen LogP contribution in [0.2, 0.25) is 0 Å². The van der Waals surface area contributed by atoms with E-state index in [-0.39, 0.29) is 17.6 Å². The molecule has 28 heavy (non-hydrogen) atoms. The van der Waals surface area contributed by atoms with Gasteiger partial charge in [-0.25, -0.2) is 13.8 Å². The van der Waals surface area contributed by atoms with Crippen LogP contribution in [0.4, 0.5) is 14.6 Å². The maximum Gasteiger partial charge on any atom is 0.234 e. The van der Waals surface area contributed by atoms with Gasteiger partial charge in [-0.1, -0.05) is 18.6 Å². The number of halogens is 2. The normalized spacial score (nSPS) is 24.7. The van der Waals surface area contributed by atoms with Crippen LogP contribution in [0.3, 0.4) is 0 Å². The Labute approximate surface area is 162 Å². The van der Waals surface area contributed by atoms with Gasteiger partial charge in [-0.15, -0.1) is 0 Å². The molecule has 4 rings (SSSR count). The number of rotatable bonds is 4. The number of nitrogens with zero attached hydrogens (tertiary/aromatic N) is 2. The minimum atomic E-state index is -0.471. The third-order valence-corrected chi connectivity index (χ3v) is 6.07. The second-order valence-electron chi connectivity index (χ2n) is 7.92. The van der Waals surface area contributed by atoms with Gasteiger partial charge in [0.2, 0.25) is 5.91 Å². The van der Waals surface area contributed by atoms with E-state index in [9.17, 15) is 18.4 Å². The zero-order valence-electron chi connectivity index (χ0n) is 15.5. The van der Waals surface area contributed by atoms with Crippen molar-refractivity contribution in [2.75, 3.05) is 11.4 Å². The molecule has 0 unspecified atom stereocenters. The molecule has 2 heterocycles. The number of aromatic nitrogens is 1. The maximum atomic E-state index is 13.4. The summed E-state index contributed by atoms with van der Waals surface area (Å²) in [5.74, 6) is -0.326. The van der Waals surface area contributed by atoms with Crippen LogP contribution in [-0.4, -0.2) is 23.2 Å². The predicted octanol–water partition coefficient (Wildman–Crippen LogP) is 4.55. The van der Waals surface area contributed by atoms with Gasteiger partial charge in [0.25, 0.3) is 0 Å². The van der Waals surface area contributed by atoms with Gasteiger partial charge in [0.1, 0.15) is 17.5 Å². The molecule has 1 aliphatic carbocycles. The molecule has 1 saturated carbocycles. The number of ketones is 1. The lowest BCUT2D eigenvalue weighted by Gasteiger charge is -2.36. The molecule has 2 aromatic rings. The van der Waals surface area contributed by atoms with Crippen molar-refractivity contribution in [2.24, 2.45) is 11.3 Å². The number of amides is 1. The Balaban J connectivity index is 1.46. The van der Waals surface area contributed by atoms with E-state index < -0.39 is 17.0 Å². The van der Waals surface area contributed by atoms with Crippen LogP contribution in [0.1, 0.15) is 48.9 Å². The van der Waals surface area contributed by atoms with E-state index in [2.05, 4.69) is 4.98 Å². The number of Topliss-reactive ketones (excluding diaryl/α,β-unsaturated/α-hetero) is 1. The molecule has 6 heteroatoms. The summed E-state index contributed by atoms with van der Waals surface area (Å²) in [6, 6.07) is 8.60. The Kier molecular flexibility index (Phi) is 4.96. The molecule has 2 fully saturated rings. The van der Waals surface area contributed by atoms with Crippen molar-refractivity contribution in [3.05, 3.63) is 59.8 Å². The smallest absolute Gasteiger partial charge is 0.234 e. The van der Waals surface area contributed by atoms with E-state index in [1.807, 2.05) is 0 Å². The minimum absolute atomic E-state index is 0.0227. The summed E-state index contributed by atoms with van der Waals surface area (Å²) in [6.45, 7) is 0.558. The van der Waals surface area contributed by atoms with Gasteiger partial charge >= 0.3 is 0 Å². The Morgan fingerprint density at radius 2 is 2.04 bits per heavy atom. The van der Waals surface area contributed by atoms with E-state index in [1.165, 1.54) is 24.3 Å². The van der Waals surface area contributed by atoms with Crippen molar-refractivity contribution in [2.45, 2.75) is 38.5 Å². The van der Waals surface area contributed by atoms with Crippen molar-refractivity contribution >= 4 is 17.5 Å². The number of hydrogen-bond donors (Lipinski definition) is 0. The van der Waals surface area contributed by atoms with E-state index in [1.54, 1.807) is 17.0 Å².